The molecule has 5 aliphatic rings. The van der Waals surface area contributed by atoms with Gasteiger partial charge in [-0.15, -0.1) is 0 Å². The Balaban J connectivity index is 1.20. The summed E-state index contributed by atoms with van der Waals surface area (Å²) in [5, 5.41) is 10.3. The van der Waals surface area contributed by atoms with E-state index in [4.69, 9.17) is 14.7 Å². The number of anilines is 2. The third-order valence-electron chi connectivity index (χ3n) is 9.80. The smallest absolute Gasteiger partial charge is 0.318 e. The molecule has 2 aromatic rings. The molecule has 9 heteroatoms. The van der Waals surface area contributed by atoms with Crippen LogP contribution < -0.4 is 14.5 Å². The van der Waals surface area contributed by atoms with E-state index in [1.54, 1.807) is 0 Å². The minimum absolute atomic E-state index is 0.228. The molecule has 7 rings (SSSR count). The molecule has 8 nitrogen and oxygen atoms in total. The Morgan fingerprint density at radius 2 is 1.87 bits per heavy atom. The van der Waals surface area contributed by atoms with Crippen LogP contribution in [0.3, 0.4) is 0 Å². The van der Waals surface area contributed by atoms with Crippen molar-refractivity contribution in [2.24, 2.45) is 0 Å². The van der Waals surface area contributed by atoms with Crippen LogP contribution >= 0.6 is 0 Å². The molecule has 0 saturated carbocycles. The van der Waals surface area contributed by atoms with Gasteiger partial charge in [0.2, 0.25) is 0 Å². The summed E-state index contributed by atoms with van der Waals surface area (Å²) in [6, 6.07) is 2.59. The Kier molecular flexibility index (Phi) is 6.83. The summed E-state index contributed by atoms with van der Waals surface area (Å²) in [4.78, 5) is 21.8. The molecule has 0 radical (unpaired) electrons. The molecule has 1 unspecified atom stereocenters. The SMILES string of the molecule is OC1CCCN(c2nc(OC[C@@]34CCCN3C[C@H](F)C4)nc3c2CCN(c2ccnc4c2CCCC4)C3)CC1. The zero-order chi connectivity index (χ0) is 26.4. The van der Waals surface area contributed by atoms with Gasteiger partial charge in [0.25, 0.3) is 0 Å². The van der Waals surface area contributed by atoms with Gasteiger partial charge >= 0.3 is 6.01 Å². The van der Waals surface area contributed by atoms with E-state index in [0.717, 1.165) is 95.6 Å². The molecule has 0 spiro atoms. The maximum absolute atomic E-state index is 14.4. The van der Waals surface area contributed by atoms with E-state index in [2.05, 4.69) is 25.8 Å². The van der Waals surface area contributed by atoms with E-state index in [1.807, 2.05) is 6.20 Å². The second-order valence-electron chi connectivity index (χ2n) is 12.3. The molecular formula is C30H41FN6O2. The Hall–Kier alpha value is -2.52. The van der Waals surface area contributed by atoms with E-state index >= 15 is 0 Å². The van der Waals surface area contributed by atoms with Crippen molar-refractivity contribution >= 4 is 11.5 Å². The number of aliphatic hydroxyl groups is 1. The average Bonchev–Trinajstić information content (AvgIpc) is 3.39. The van der Waals surface area contributed by atoms with Crippen molar-refractivity contribution in [2.45, 2.75) is 95.0 Å². The van der Waals surface area contributed by atoms with Crippen LogP contribution in [0.15, 0.2) is 12.3 Å². The molecule has 0 bridgehead atoms. The summed E-state index contributed by atoms with van der Waals surface area (Å²) < 4.78 is 20.8. The molecule has 6 heterocycles. The van der Waals surface area contributed by atoms with Crippen molar-refractivity contribution in [2.75, 3.05) is 49.1 Å². The number of ether oxygens (including phenoxy) is 1. The fraction of sp³-hybridized carbons (Fsp3) is 0.700. The first-order chi connectivity index (χ1) is 19.1. The first kappa shape index (κ1) is 25.4. The summed E-state index contributed by atoms with van der Waals surface area (Å²) >= 11 is 0. The summed E-state index contributed by atoms with van der Waals surface area (Å²) in [5.41, 5.74) is 5.97. The van der Waals surface area contributed by atoms with Gasteiger partial charge in [0, 0.05) is 55.7 Å². The van der Waals surface area contributed by atoms with Gasteiger partial charge < -0.3 is 19.6 Å². The Morgan fingerprint density at radius 1 is 0.949 bits per heavy atom. The van der Waals surface area contributed by atoms with Crippen molar-refractivity contribution in [3.63, 3.8) is 0 Å². The van der Waals surface area contributed by atoms with Gasteiger partial charge in [0.1, 0.15) is 18.6 Å². The van der Waals surface area contributed by atoms with Crippen LogP contribution in [-0.4, -0.2) is 82.1 Å². The number of hydrogen-bond donors (Lipinski definition) is 1. The van der Waals surface area contributed by atoms with E-state index < -0.39 is 6.17 Å². The highest BCUT2D eigenvalue weighted by Crippen LogP contribution is 2.41. The normalized spacial score (nSPS) is 29.1. The summed E-state index contributed by atoms with van der Waals surface area (Å²) in [5.74, 6) is 0.969. The maximum Gasteiger partial charge on any atom is 0.318 e. The fourth-order valence-corrected chi connectivity index (χ4v) is 7.76. The highest BCUT2D eigenvalue weighted by molar-refractivity contribution is 5.59. The van der Waals surface area contributed by atoms with Crippen LogP contribution in [0.2, 0.25) is 0 Å². The topological polar surface area (TPSA) is 77.9 Å². The third kappa shape index (κ3) is 4.86. The molecule has 4 aliphatic heterocycles. The second kappa shape index (κ2) is 10.5. The standard InChI is InChI=1S/C30H41FN6O2/c31-21-17-30(11-4-14-37(30)18-21)20-39-29-33-26-19-36(27-8-12-32-25-7-2-1-6-23(25)27)16-10-24(26)28(34-29)35-13-3-5-22(38)9-15-35/h8,12,21-22,38H,1-7,9-11,13-20H2/t21-,22?,30+/m1/s1. The molecule has 1 N–H and O–H groups in total. The first-order valence-corrected chi connectivity index (χ1v) is 15.1. The van der Waals surface area contributed by atoms with E-state index in [0.29, 0.717) is 25.6 Å². The molecule has 39 heavy (non-hydrogen) atoms. The summed E-state index contributed by atoms with van der Waals surface area (Å²) in [7, 11) is 0. The molecule has 0 amide bonds. The van der Waals surface area contributed by atoms with E-state index in [1.165, 1.54) is 35.3 Å². The molecular weight excluding hydrogens is 495 g/mol. The minimum Gasteiger partial charge on any atom is -0.461 e. The predicted octanol–water partition coefficient (Wildman–Crippen LogP) is 3.62. The predicted molar refractivity (Wildman–Crippen MR) is 148 cm³/mol. The van der Waals surface area contributed by atoms with Gasteiger partial charge in [-0.2, -0.15) is 9.97 Å². The van der Waals surface area contributed by atoms with Crippen LogP contribution in [0.25, 0.3) is 0 Å². The molecule has 3 fully saturated rings. The van der Waals surface area contributed by atoms with Crippen molar-refractivity contribution in [3.05, 3.63) is 34.8 Å². The Morgan fingerprint density at radius 3 is 2.82 bits per heavy atom. The molecule has 0 aromatic carbocycles. The number of hydrogen-bond acceptors (Lipinski definition) is 8. The quantitative estimate of drug-likeness (QED) is 0.621. The number of pyridine rings is 1. The minimum atomic E-state index is -0.780. The lowest BCUT2D eigenvalue weighted by molar-refractivity contribution is 0.107. The number of aromatic nitrogens is 3. The fourth-order valence-electron chi connectivity index (χ4n) is 7.76. The Labute approximate surface area is 230 Å². The highest BCUT2D eigenvalue weighted by atomic mass is 19.1. The number of halogens is 1. The van der Waals surface area contributed by atoms with Crippen LogP contribution in [-0.2, 0) is 25.8 Å². The van der Waals surface area contributed by atoms with Crippen LogP contribution in [0.1, 0.15) is 73.9 Å². The van der Waals surface area contributed by atoms with Gasteiger partial charge in [-0.3, -0.25) is 9.88 Å². The Bertz CT molecular complexity index is 1210. The second-order valence-corrected chi connectivity index (χ2v) is 12.3. The zero-order valence-corrected chi connectivity index (χ0v) is 23.0. The lowest BCUT2D eigenvalue weighted by Crippen LogP contribution is -2.43. The summed E-state index contributed by atoms with van der Waals surface area (Å²) in [6.45, 7) is 5.20. The first-order valence-electron chi connectivity index (χ1n) is 15.1. The monoisotopic (exact) mass is 536 g/mol. The van der Waals surface area contributed by atoms with Crippen LogP contribution in [0.4, 0.5) is 15.9 Å². The van der Waals surface area contributed by atoms with Gasteiger partial charge in [-0.1, -0.05) is 0 Å². The number of aliphatic hydroxyl groups excluding tert-OH is 1. The molecule has 3 saturated heterocycles. The number of nitrogens with zero attached hydrogens (tertiary/aromatic N) is 6. The largest absolute Gasteiger partial charge is 0.461 e. The van der Waals surface area contributed by atoms with Gasteiger partial charge in [0.05, 0.1) is 23.9 Å². The number of alkyl halides is 1. The average molecular weight is 537 g/mol. The van der Waals surface area contributed by atoms with Crippen molar-refractivity contribution in [3.8, 4) is 6.01 Å². The molecule has 1 aliphatic carbocycles. The van der Waals surface area contributed by atoms with E-state index in [9.17, 15) is 9.50 Å². The molecule has 210 valence electrons. The lowest BCUT2D eigenvalue weighted by Gasteiger charge is -2.35. The molecule has 2 aromatic heterocycles. The zero-order valence-electron chi connectivity index (χ0n) is 23.0. The van der Waals surface area contributed by atoms with Gasteiger partial charge in [-0.25, -0.2) is 4.39 Å². The van der Waals surface area contributed by atoms with Gasteiger partial charge in [0.15, 0.2) is 0 Å². The molecule has 3 atom stereocenters. The van der Waals surface area contributed by atoms with Gasteiger partial charge in [-0.05, 0) is 82.4 Å². The van der Waals surface area contributed by atoms with Crippen LogP contribution in [0.5, 0.6) is 6.01 Å². The summed E-state index contributed by atoms with van der Waals surface area (Å²) in [6.07, 6.45) is 11.5. The maximum atomic E-state index is 14.4. The van der Waals surface area contributed by atoms with Crippen molar-refractivity contribution in [1.29, 1.82) is 0 Å². The number of rotatable bonds is 5. The number of aryl methyl sites for hydroxylation is 1. The number of fused-ring (bicyclic) bond motifs is 3. The lowest BCUT2D eigenvalue weighted by atomic mass is 9.93. The highest BCUT2D eigenvalue weighted by Gasteiger charge is 2.49. The van der Waals surface area contributed by atoms with E-state index in [-0.39, 0.29) is 11.6 Å². The van der Waals surface area contributed by atoms with Crippen LogP contribution in [0, 0.1) is 0 Å². The third-order valence-corrected chi connectivity index (χ3v) is 9.80. The van der Waals surface area contributed by atoms with Crippen molar-refractivity contribution in [1.82, 2.24) is 19.9 Å². The van der Waals surface area contributed by atoms with Crippen molar-refractivity contribution < 1.29 is 14.2 Å².